The Kier molecular flexibility index (Phi) is 5.57. The number of rotatable bonds is 7. The van der Waals surface area contributed by atoms with Crippen LogP contribution in [0.5, 0.6) is 11.5 Å². The van der Waals surface area contributed by atoms with Gasteiger partial charge in [-0.3, -0.25) is 0 Å². The van der Waals surface area contributed by atoms with Crippen molar-refractivity contribution in [2.24, 2.45) is 0 Å². The molecule has 0 spiro atoms. The van der Waals surface area contributed by atoms with Gasteiger partial charge >= 0.3 is 0 Å². The molecule has 0 bridgehead atoms. The van der Waals surface area contributed by atoms with Gasteiger partial charge in [-0.2, -0.15) is 0 Å². The minimum Gasteiger partial charge on any atom is -0.497 e. The van der Waals surface area contributed by atoms with E-state index < -0.39 is 0 Å². The predicted octanol–water partition coefficient (Wildman–Crippen LogP) is 5.19. The Labute approximate surface area is 149 Å². The number of para-hydroxylation sites is 1. The first-order chi connectivity index (χ1) is 12.2. The fraction of sp³-hybridized carbons (Fsp3) is 0.182. The smallest absolute Gasteiger partial charge is 0.124 e. The van der Waals surface area contributed by atoms with Crippen molar-refractivity contribution in [3.63, 3.8) is 0 Å². The summed E-state index contributed by atoms with van der Waals surface area (Å²) in [5.74, 6) is 1.76. The molecule has 128 valence electrons. The largest absolute Gasteiger partial charge is 0.497 e. The maximum atomic E-state index is 6.04. The van der Waals surface area contributed by atoms with Crippen molar-refractivity contribution in [3.05, 3.63) is 89.5 Å². The lowest BCUT2D eigenvalue weighted by atomic mass is 10.1. The van der Waals surface area contributed by atoms with Gasteiger partial charge in [-0.1, -0.05) is 48.0 Å². The Morgan fingerprint density at radius 1 is 0.880 bits per heavy atom. The SMILES string of the molecule is COc1ccc(NCc2ccccc2OCc2cccc(C)c2)cc1. The molecule has 0 aliphatic heterocycles. The van der Waals surface area contributed by atoms with Gasteiger partial charge in [0.1, 0.15) is 18.1 Å². The Hall–Kier alpha value is -2.94. The van der Waals surface area contributed by atoms with Crippen LogP contribution < -0.4 is 14.8 Å². The van der Waals surface area contributed by atoms with Crippen LogP contribution in [0.1, 0.15) is 16.7 Å². The summed E-state index contributed by atoms with van der Waals surface area (Å²) in [6.07, 6.45) is 0. The van der Waals surface area contributed by atoms with E-state index >= 15 is 0 Å². The minimum atomic E-state index is 0.571. The lowest BCUT2D eigenvalue weighted by Crippen LogP contribution is -2.03. The third-order valence-electron chi connectivity index (χ3n) is 4.02. The van der Waals surface area contributed by atoms with Crippen LogP contribution in [-0.4, -0.2) is 7.11 Å². The maximum absolute atomic E-state index is 6.04. The second-order valence-electron chi connectivity index (χ2n) is 5.97. The van der Waals surface area contributed by atoms with Crippen LogP contribution in [-0.2, 0) is 13.2 Å². The fourth-order valence-electron chi connectivity index (χ4n) is 2.66. The molecule has 0 heterocycles. The molecule has 25 heavy (non-hydrogen) atoms. The topological polar surface area (TPSA) is 30.5 Å². The van der Waals surface area contributed by atoms with Gasteiger partial charge in [-0.25, -0.2) is 0 Å². The minimum absolute atomic E-state index is 0.571. The number of hydrogen-bond donors (Lipinski definition) is 1. The van der Waals surface area contributed by atoms with Crippen LogP contribution in [0.25, 0.3) is 0 Å². The van der Waals surface area contributed by atoms with Gasteiger partial charge in [0.2, 0.25) is 0 Å². The zero-order valence-corrected chi connectivity index (χ0v) is 14.7. The van der Waals surface area contributed by atoms with Crippen LogP contribution in [0.3, 0.4) is 0 Å². The molecule has 0 saturated heterocycles. The van der Waals surface area contributed by atoms with Crippen LogP contribution >= 0.6 is 0 Å². The Bertz CT molecular complexity index is 812. The van der Waals surface area contributed by atoms with E-state index in [0.717, 1.165) is 22.7 Å². The van der Waals surface area contributed by atoms with E-state index in [9.17, 15) is 0 Å². The number of hydrogen-bond acceptors (Lipinski definition) is 3. The summed E-state index contributed by atoms with van der Waals surface area (Å²) in [4.78, 5) is 0. The highest BCUT2D eigenvalue weighted by molar-refractivity contribution is 5.48. The lowest BCUT2D eigenvalue weighted by Gasteiger charge is -2.13. The van der Waals surface area contributed by atoms with E-state index in [1.807, 2.05) is 42.5 Å². The number of ether oxygens (including phenoxy) is 2. The van der Waals surface area contributed by atoms with E-state index in [0.29, 0.717) is 13.2 Å². The van der Waals surface area contributed by atoms with E-state index in [4.69, 9.17) is 9.47 Å². The first-order valence-electron chi connectivity index (χ1n) is 8.39. The Balaban J connectivity index is 1.63. The molecule has 3 rings (SSSR count). The predicted molar refractivity (Wildman–Crippen MR) is 102 cm³/mol. The second-order valence-corrected chi connectivity index (χ2v) is 5.97. The third kappa shape index (κ3) is 4.77. The molecule has 3 heteroatoms. The summed E-state index contributed by atoms with van der Waals surface area (Å²) in [6, 6.07) is 24.4. The van der Waals surface area contributed by atoms with Gasteiger partial charge in [-0.15, -0.1) is 0 Å². The quantitative estimate of drug-likeness (QED) is 0.645. The number of aryl methyl sites for hydroxylation is 1. The average molecular weight is 333 g/mol. The summed E-state index contributed by atoms with van der Waals surface area (Å²) in [7, 11) is 1.67. The highest BCUT2D eigenvalue weighted by Gasteiger charge is 2.04. The molecule has 3 aromatic carbocycles. The zero-order chi connectivity index (χ0) is 17.5. The molecule has 0 atom stereocenters. The maximum Gasteiger partial charge on any atom is 0.124 e. The average Bonchev–Trinajstić information content (AvgIpc) is 2.66. The summed E-state index contributed by atoms with van der Waals surface area (Å²) in [5, 5.41) is 3.42. The van der Waals surface area contributed by atoms with Crippen LogP contribution in [0.2, 0.25) is 0 Å². The van der Waals surface area contributed by atoms with Crippen molar-refractivity contribution in [1.29, 1.82) is 0 Å². The number of nitrogens with one attached hydrogen (secondary N) is 1. The van der Waals surface area contributed by atoms with Gasteiger partial charge in [0.15, 0.2) is 0 Å². The van der Waals surface area contributed by atoms with Gasteiger partial charge in [0.05, 0.1) is 7.11 Å². The third-order valence-corrected chi connectivity index (χ3v) is 4.02. The number of anilines is 1. The Morgan fingerprint density at radius 3 is 2.44 bits per heavy atom. The van der Waals surface area contributed by atoms with Crippen LogP contribution in [0.4, 0.5) is 5.69 Å². The van der Waals surface area contributed by atoms with E-state index in [2.05, 4.69) is 42.6 Å². The van der Waals surface area contributed by atoms with E-state index in [1.165, 1.54) is 11.1 Å². The fourth-order valence-corrected chi connectivity index (χ4v) is 2.66. The molecule has 3 aromatic rings. The molecule has 0 radical (unpaired) electrons. The van der Waals surface area contributed by atoms with Crippen molar-refractivity contribution in [1.82, 2.24) is 0 Å². The molecule has 0 fully saturated rings. The van der Waals surface area contributed by atoms with Crippen molar-refractivity contribution in [2.45, 2.75) is 20.1 Å². The molecule has 0 aromatic heterocycles. The molecule has 0 saturated carbocycles. The molecular weight excluding hydrogens is 310 g/mol. The van der Waals surface area contributed by atoms with Gasteiger partial charge in [0, 0.05) is 17.8 Å². The Morgan fingerprint density at radius 2 is 1.68 bits per heavy atom. The monoisotopic (exact) mass is 333 g/mol. The summed E-state index contributed by atoms with van der Waals surface area (Å²) in [5.41, 5.74) is 4.61. The normalized spacial score (nSPS) is 10.3. The molecule has 0 amide bonds. The summed E-state index contributed by atoms with van der Waals surface area (Å²) >= 11 is 0. The van der Waals surface area contributed by atoms with Gasteiger partial charge < -0.3 is 14.8 Å². The van der Waals surface area contributed by atoms with Crippen LogP contribution in [0.15, 0.2) is 72.8 Å². The van der Waals surface area contributed by atoms with Crippen LogP contribution in [0, 0.1) is 6.92 Å². The van der Waals surface area contributed by atoms with E-state index in [1.54, 1.807) is 7.11 Å². The highest BCUT2D eigenvalue weighted by atomic mass is 16.5. The molecular formula is C22H23NO2. The standard InChI is InChI=1S/C22H23NO2/c1-17-6-5-7-18(14-17)16-25-22-9-4-3-8-19(22)15-23-20-10-12-21(24-2)13-11-20/h3-14,23H,15-16H2,1-2H3. The van der Waals surface area contributed by atoms with Crippen molar-refractivity contribution < 1.29 is 9.47 Å². The van der Waals surface area contributed by atoms with Crippen molar-refractivity contribution in [2.75, 3.05) is 12.4 Å². The summed E-state index contributed by atoms with van der Waals surface area (Å²) in [6.45, 7) is 3.37. The molecule has 1 N–H and O–H groups in total. The molecule has 3 nitrogen and oxygen atoms in total. The van der Waals surface area contributed by atoms with Gasteiger partial charge in [0.25, 0.3) is 0 Å². The highest BCUT2D eigenvalue weighted by Crippen LogP contribution is 2.22. The number of benzene rings is 3. The number of methoxy groups -OCH3 is 1. The second kappa shape index (κ2) is 8.25. The van der Waals surface area contributed by atoms with Crippen molar-refractivity contribution in [3.8, 4) is 11.5 Å². The molecule has 0 aliphatic carbocycles. The molecule has 0 unspecified atom stereocenters. The zero-order valence-electron chi connectivity index (χ0n) is 14.7. The summed E-state index contributed by atoms with van der Waals surface area (Å²) < 4.78 is 11.2. The van der Waals surface area contributed by atoms with Gasteiger partial charge in [-0.05, 0) is 42.8 Å². The first kappa shape index (κ1) is 16.9. The lowest BCUT2D eigenvalue weighted by molar-refractivity contribution is 0.303. The van der Waals surface area contributed by atoms with Crippen molar-refractivity contribution >= 4 is 5.69 Å². The first-order valence-corrected chi connectivity index (χ1v) is 8.39. The molecule has 0 aliphatic rings. The van der Waals surface area contributed by atoms with E-state index in [-0.39, 0.29) is 0 Å².